The predicted molar refractivity (Wildman–Crippen MR) is 134 cm³/mol. The maximum absolute atomic E-state index is 14.2. The number of benzene rings is 1. The summed E-state index contributed by atoms with van der Waals surface area (Å²) in [6, 6.07) is 4.56. The van der Waals surface area contributed by atoms with Crippen LogP contribution < -0.4 is 4.74 Å². The van der Waals surface area contributed by atoms with Crippen LogP contribution in [-0.2, 0) is 16.2 Å². The highest BCUT2D eigenvalue weighted by molar-refractivity contribution is 6.33. The van der Waals surface area contributed by atoms with Crippen LogP contribution in [0.4, 0.5) is 13.6 Å². The standard InChI is InChI=1S/C26H21ClF2N4O7/c1-12(34)32-9-14-6-16(22(25(35)36)20(10-32)33(14)26(37)38)13-2-5-21(30-8-13)39-11-15-7-19(31-40-15)23-17(28)3-4-18(29)24(23)27/h2-8,14,20,22H,9-11H2,1H3,(H,35,36)(H,37,38)/t14-,20-,22?/m1/s1. The van der Waals surface area contributed by atoms with E-state index in [1.54, 1.807) is 12.1 Å². The molecular weight excluding hydrogens is 554 g/mol. The number of hydrogen-bond acceptors (Lipinski definition) is 7. The summed E-state index contributed by atoms with van der Waals surface area (Å²) >= 11 is 5.87. The first-order valence-corrected chi connectivity index (χ1v) is 12.3. The highest BCUT2D eigenvalue weighted by Crippen LogP contribution is 2.39. The van der Waals surface area contributed by atoms with Crippen molar-refractivity contribution < 1.29 is 42.6 Å². The van der Waals surface area contributed by atoms with Crippen molar-refractivity contribution in [2.75, 3.05) is 13.1 Å². The molecule has 5 rings (SSSR count). The van der Waals surface area contributed by atoms with Crippen LogP contribution in [0.25, 0.3) is 16.8 Å². The van der Waals surface area contributed by atoms with Gasteiger partial charge in [0.15, 0.2) is 12.4 Å². The van der Waals surface area contributed by atoms with E-state index in [0.29, 0.717) is 11.1 Å². The van der Waals surface area contributed by atoms with Gasteiger partial charge < -0.3 is 24.4 Å². The van der Waals surface area contributed by atoms with Gasteiger partial charge in [0.1, 0.15) is 23.2 Å². The minimum absolute atomic E-state index is 0.0165. The minimum atomic E-state index is -1.26. The Labute approximate surface area is 230 Å². The number of aromatic nitrogens is 2. The van der Waals surface area contributed by atoms with Gasteiger partial charge in [-0.2, -0.15) is 0 Å². The number of ether oxygens (including phenoxy) is 1. The molecule has 0 radical (unpaired) electrons. The molecule has 4 heterocycles. The molecule has 3 atom stereocenters. The summed E-state index contributed by atoms with van der Waals surface area (Å²) in [5, 5.41) is 23.1. The lowest BCUT2D eigenvalue weighted by atomic mass is 9.79. The van der Waals surface area contributed by atoms with Crippen LogP contribution in [0.15, 0.2) is 47.1 Å². The highest BCUT2D eigenvalue weighted by atomic mass is 35.5. The maximum Gasteiger partial charge on any atom is 0.408 e. The van der Waals surface area contributed by atoms with Crippen LogP contribution in [0.2, 0.25) is 5.02 Å². The smallest absolute Gasteiger partial charge is 0.408 e. The molecule has 2 bridgehead atoms. The van der Waals surface area contributed by atoms with Gasteiger partial charge in [0.25, 0.3) is 0 Å². The molecule has 2 aliphatic heterocycles. The van der Waals surface area contributed by atoms with E-state index in [0.717, 1.165) is 17.0 Å². The molecule has 1 fully saturated rings. The van der Waals surface area contributed by atoms with Gasteiger partial charge in [0.2, 0.25) is 11.8 Å². The molecule has 1 aromatic carbocycles. The van der Waals surface area contributed by atoms with Gasteiger partial charge in [-0.3, -0.25) is 14.5 Å². The normalized spacial score (nSPS) is 20.2. The number of piperazine rings is 1. The van der Waals surface area contributed by atoms with Crippen LogP contribution in [0.3, 0.4) is 0 Å². The molecule has 1 unspecified atom stereocenters. The molecule has 14 heteroatoms. The SMILES string of the molecule is CC(=O)N1C[C@H]2C=C(c3ccc(OCc4cc(-c5c(F)ccc(F)c5Cl)no4)nc3)C(C(=O)O)[C@@H](C1)N2C(=O)O. The van der Waals surface area contributed by atoms with Gasteiger partial charge in [0.05, 0.1) is 22.7 Å². The second kappa shape index (κ2) is 10.6. The summed E-state index contributed by atoms with van der Waals surface area (Å²) in [7, 11) is 0. The third kappa shape index (κ3) is 4.95. The summed E-state index contributed by atoms with van der Waals surface area (Å²) in [6.45, 7) is 1.24. The Morgan fingerprint density at radius 3 is 2.55 bits per heavy atom. The Hall–Kier alpha value is -4.52. The second-order valence-electron chi connectivity index (χ2n) is 9.26. The molecule has 0 saturated carbocycles. The van der Waals surface area contributed by atoms with Crippen molar-refractivity contribution in [2.24, 2.45) is 5.92 Å². The largest absolute Gasteiger partial charge is 0.481 e. The van der Waals surface area contributed by atoms with E-state index in [1.165, 1.54) is 30.2 Å². The zero-order valence-electron chi connectivity index (χ0n) is 20.8. The van der Waals surface area contributed by atoms with Gasteiger partial charge in [-0.25, -0.2) is 18.6 Å². The monoisotopic (exact) mass is 574 g/mol. The molecule has 2 aliphatic rings. The number of amides is 2. The van der Waals surface area contributed by atoms with Crippen molar-refractivity contribution in [1.29, 1.82) is 0 Å². The van der Waals surface area contributed by atoms with Crippen molar-refractivity contribution in [3.8, 4) is 17.1 Å². The van der Waals surface area contributed by atoms with Crippen LogP contribution >= 0.6 is 11.6 Å². The van der Waals surface area contributed by atoms with Crippen LogP contribution in [0, 0.1) is 17.6 Å². The van der Waals surface area contributed by atoms with E-state index in [4.69, 9.17) is 20.9 Å². The van der Waals surface area contributed by atoms with E-state index < -0.39 is 46.7 Å². The Morgan fingerprint density at radius 2 is 1.90 bits per heavy atom. The van der Waals surface area contributed by atoms with E-state index in [1.807, 2.05) is 0 Å². The summed E-state index contributed by atoms with van der Waals surface area (Å²) in [5.74, 6) is -3.99. The van der Waals surface area contributed by atoms with Crippen LogP contribution in [0.1, 0.15) is 18.2 Å². The van der Waals surface area contributed by atoms with Crippen molar-refractivity contribution >= 4 is 35.1 Å². The van der Waals surface area contributed by atoms with Crippen molar-refractivity contribution in [2.45, 2.75) is 25.6 Å². The van der Waals surface area contributed by atoms with E-state index in [2.05, 4.69) is 10.1 Å². The Balaban J connectivity index is 1.34. The lowest BCUT2D eigenvalue weighted by molar-refractivity contribution is -0.145. The fourth-order valence-electron chi connectivity index (χ4n) is 5.02. The van der Waals surface area contributed by atoms with Gasteiger partial charge >= 0.3 is 12.1 Å². The number of aliphatic carboxylic acids is 1. The lowest BCUT2D eigenvalue weighted by Crippen LogP contribution is -2.65. The second-order valence-corrected chi connectivity index (χ2v) is 9.63. The zero-order valence-corrected chi connectivity index (χ0v) is 21.5. The quantitative estimate of drug-likeness (QED) is 0.418. The maximum atomic E-state index is 14.2. The van der Waals surface area contributed by atoms with Gasteiger partial charge in [-0.15, -0.1) is 0 Å². The molecule has 1 saturated heterocycles. The number of hydrogen-bond donors (Lipinski definition) is 2. The van der Waals surface area contributed by atoms with Crippen LogP contribution in [0.5, 0.6) is 5.88 Å². The van der Waals surface area contributed by atoms with E-state index >= 15 is 0 Å². The number of carbonyl (C=O) groups is 3. The molecule has 0 spiro atoms. The van der Waals surface area contributed by atoms with E-state index in [9.17, 15) is 33.4 Å². The molecular formula is C26H21ClF2N4O7. The zero-order chi connectivity index (χ0) is 28.7. The van der Waals surface area contributed by atoms with Crippen LogP contribution in [-0.4, -0.2) is 73.3 Å². The number of carboxylic acids is 1. The first kappa shape index (κ1) is 27.1. The van der Waals surface area contributed by atoms with Gasteiger partial charge in [-0.05, 0) is 29.3 Å². The Bertz CT molecular complexity index is 1530. The number of fused-ring (bicyclic) bond motifs is 2. The summed E-state index contributed by atoms with van der Waals surface area (Å²) in [4.78, 5) is 42.9. The molecule has 208 valence electrons. The molecule has 11 nitrogen and oxygen atoms in total. The van der Waals surface area contributed by atoms with Gasteiger partial charge in [0, 0.05) is 38.3 Å². The number of halogens is 3. The average molecular weight is 575 g/mol. The first-order chi connectivity index (χ1) is 19.0. The fraction of sp³-hybridized carbons (Fsp3) is 0.269. The predicted octanol–water partition coefficient (Wildman–Crippen LogP) is 3.92. The topological polar surface area (TPSA) is 146 Å². The molecule has 0 aliphatic carbocycles. The summed E-state index contributed by atoms with van der Waals surface area (Å²) < 4.78 is 38.7. The van der Waals surface area contributed by atoms with Crippen molar-refractivity contribution in [1.82, 2.24) is 19.9 Å². The third-order valence-electron chi connectivity index (χ3n) is 6.84. The van der Waals surface area contributed by atoms with Crippen molar-refractivity contribution in [3.05, 3.63) is 70.6 Å². The number of nitrogens with zero attached hydrogens (tertiary/aromatic N) is 4. The van der Waals surface area contributed by atoms with Crippen molar-refractivity contribution in [3.63, 3.8) is 0 Å². The number of pyridine rings is 1. The average Bonchev–Trinajstić information content (AvgIpc) is 3.37. The highest BCUT2D eigenvalue weighted by Gasteiger charge is 2.49. The summed E-state index contributed by atoms with van der Waals surface area (Å²) in [6.07, 6.45) is 1.68. The van der Waals surface area contributed by atoms with E-state index in [-0.39, 0.29) is 48.5 Å². The molecule has 2 N–H and O–H groups in total. The fourth-order valence-corrected chi connectivity index (χ4v) is 5.27. The number of carbonyl (C=O) groups excluding carboxylic acids is 1. The number of carboxylic acid groups (broad SMARTS) is 2. The Kier molecular flexibility index (Phi) is 7.15. The first-order valence-electron chi connectivity index (χ1n) is 11.9. The lowest BCUT2D eigenvalue weighted by Gasteiger charge is -2.49. The molecule has 2 amide bonds. The summed E-state index contributed by atoms with van der Waals surface area (Å²) in [5.41, 5.74) is 0.577. The Morgan fingerprint density at radius 1 is 1.15 bits per heavy atom. The molecule has 3 aromatic rings. The number of rotatable bonds is 6. The molecule has 40 heavy (non-hydrogen) atoms. The molecule has 2 aromatic heterocycles. The minimum Gasteiger partial charge on any atom is -0.481 e. The van der Waals surface area contributed by atoms with Gasteiger partial charge in [-0.1, -0.05) is 22.8 Å². The third-order valence-corrected chi connectivity index (χ3v) is 7.21.